The van der Waals surface area contributed by atoms with Gasteiger partial charge in [0, 0.05) is 24.5 Å². The predicted molar refractivity (Wildman–Crippen MR) is 80.6 cm³/mol. The molecule has 4 nitrogen and oxygen atoms in total. The number of amides is 1. The molecule has 0 aliphatic heterocycles. The van der Waals surface area contributed by atoms with Crippen LogP contribution < -0.4 is 5.32 Å². The van der Waals surface area contributed by atoms with E-state index in [4.69, 9.17) is 5.11 Å². The van der Waals surface area contributed by atoms with Gasteiger partial charge in [-0.05, 0) is 24.1 Å². The van der Waals surface area contributed by atoms with E-state index in [1.165, 1.54) is 6.20 Å². The number of nitrogens with zero attached hydrogens (tertiary/aromatic N) is 1. The number of hydrogen-bond acceptors (Lipinski definition) is 3. The normalized spacial score (nSPS) is 9.62. The topological polar surface area (TPSA) is 62.2 Å². The lowest BCUT2D eigenvalue weighted by Crippen LogP contribution is -2.23. The summed E-state index contributed by atoms with van der Waals surface area (Å²) in [5.41, 5.74) is 3.27. The number of aryl methyl sites for hydroxylation is 1. The molecule has 0 bridgehead atoms. The van der Waals surface area contributed by atoms with Gasteiger partial charge in [-0.2, -0.15) is 0 Å². The van der Waals surface area contributed by atoms with Crippen molar-refractivity contribution in [1.29, 1.82) is 0 Å². The molecule has 1 amide bonds. The smallest absolute Gasteiger partial charge is 0.253 e. The number of carbonyl (C=O) groups excluding carboxylic acids is 1. The van der Waals surface area contributed by atoms with Gasteiger partial charge in [0.2, 0.25) is 0 Å². The zero-order valence-electron chi connectivity index (χ0n) is 11.8. The fraction of sp³-hybridized carbons (Fsp3) is 0.176. The summed E-state index contributed by atoms with van der Waals surface area (Å²) in [7, 11) is 0. The van der Waals surface area contributed by atoms with Crippen molar-refractivity contribution in [3.63, 3.8) is 0 Å². The number of benzene rings is 1. The number of aliphatic hydroxyl groups excluding tert-OH is 1. The van der Waals surface area contributed by atoms with Gasteiger partial charge in [0.05, 0.1) is 5.56 Å². The molecule has 1 heterocycles. The minimum absolute atomic E-state index is 0.196. The Bertz CT molecular complexity index is 699. The Labute approximate surface area is 123 Å². The SMILES string of the molecule is Cc1ccccc1CNC(=O)c1cncc(C#CCO)c1. The van der Waals surface area contributed by atoms with E-state index in [1.807, 2.05) is 31.2 Å². The van der Waals surface area contributed by atoms with Crippen molar-refractivity contribution in [2.75, 3.05) is 6.61 Å². The molecule has 2 N–H and O–H groups in total. The summed E-state index contributed by atoms with van der Waals surface area (Å²) in [6.45, 7) is 2.26. The summed E-state index contributed by atoms with van der Waals surface area (Å²) < 4.78 is 0. The first kappa shape index (κ1) is 14.8. The largest absolute Gasteiger partial charge is 0.384 e. The molecule has 0 fully saturated rings. The van der Waals surface area contributed by atoms with Gasteiger partial charge < -0.3 is 10.4 Å². The molecular weight excluding hydrogens is 264 g/mol. The lowest BCUT2D eigenvalue weighted by atomic mass is 10.1. The van der Waals surface area contributed by atoms with Gasteiger partial charge in [-0.25, -0.2) is 0 Å². The Morgan fingerprint density at radius 2 is 2.14 bits per heavy atom. The molecule has 0 saturated heterocycles. The summed E-state index contributed by atoms with van der Waals surface area (Å²) in [6.07, 6.45) is 3.05. The molecule has 1 aromatic heterocycles. The third-order valence-electron chi connectivity index (χ3n) is 3.01. The molecule has 0 aliphatic carbocycles. The van der Waals surface area contributed by atoms with Crippen molar-refractivity contribution in [2.45, 2.75) is 13.5 Å². The van der Waals surface area contributed by atoms with Crippen molar-refractivity contribution in [2.24, 2.45) is 0 Å². The molecule has 0 atom stereocenters. The number of rotatable bonds is 3. The fourth-order valence-corrected chi connectivity index (χ4v) is 1.86. The third kappa shape index (κ3) is 4.16. The van der Waals surface area contributed by atoms with Crippen molar-refractivity contribution in [1.82, 2.24) is 10.3 Å². The molecule has 2 aromatic rings. The molecule has 0 unspecified atom stereocenters. The van der Waals surface area contributed by atoms with Crippen LogP contribution in [-0.2, 0) is 6.54 Å². The Morgan fingerprint density at radius 1 is 1.33 bits per heavy atom. The predicted octanol–water partition coefficient (Wildman–Crippen LogP) is 1.66. The Hall–Kier alpha value is -2.64. The second kappa shape index (κ2) is 7.22. The second-order valence-corrected chi connectivity index (χ2v) is 4.53. The second-order valence-electron chi connectivity index (χ2n) is 4.53. The van der Waals surface area contributed by atoms with Crippen LogP contribution in [0.3, 0.4) is 0 Å². The van der Waals surface area contributed by atoms with E-state index < -0.39 is 0 Å². The van der Waals surface area contributed by atoms with Gasteiger partial charge in [-0.15, -0.1) is 0 Å². The van der Waals surface area contributed by atoms with Crippen LogP contribution in [0.15, 0.2) is 42.7 Å². The summed E-state index contributed by atoms with van der Waals surface area (Å²) in [4.78, 5) is 16.1. The van der Waals surface area contributed by atoms with Crippen molar-refractivity contribution < 1.29 is 9.90 Å². The quantitative estimate of drug-likeness (QED) is 0.841. The average Bonchev–Trinajstić information content (AvgIpc) is 2.52. The molecule has 4 heteroatoms. The molecule has 1 aromatic carbocycles. The number of aliphatic hydroxyl groups is 1. The molecule has 0 saturated carbocycles. The van der Waals surface area contributed by atoms with Crippen LogP contribution in [0.5, 0.6) is 0 Å². The highest BCUT2D eigenvalue weighted by atomic mass is 16.2. The van der Waals surface area contributed by atoms with E-state index in [9.17, 15) is 4.79 Å². The van der Waals surface area contributed by atoms with Gasteiger partial charge >= 0.3 is 0 Å². The van der Waals surface area contributed by atoms with Crippen molar-refractivity contribution >= 4 is 5.91 Å². The van der Waals surface area contributed by atoms with Gasteiger partial charge in [-0.1, -0.05) is 36.1 Å². The highest BCUT2D eigenvalue weighted by Gasteiger charge is 2.07. The summed E-state index contributed by atoms with van der Waals surface area (Å²) in [6, 6.07) is 9.56. The molecule has 0 radical (unpaired) electrons. The van der Waals surface area contributed by atoms with E-state index >= 15 is 0 Å². The number of hydrogen-bond donors (Lipinski definition) is 2. The lowest BCUT2D eigenvalue weighted by molar-refractivity contribution is 0.0950. The van der Waals surface area contributed by atoms with E-state index in [0.29, 0.717) is 17.7 Å². The van der Waals surface area contributed by atoms with Crippen LogP contribution in [-0.4, -0.2) is 22.6 Å². The first-order valence-corrected chi connectivity index (χ1v) is 6.58. The molecular formula is C17H16N2O2. The van der Waals surface area contributed by atoms with Crippen LogP contribution in [0, 0.1) is 18.8 Å². The molecule has 2 rings (SSSR count). The zero-order valence-corrected chi connectivity index (χ0v) is 11.8. The van der Waals surface area contributed by atoms with Gasteiger partial charge in [0.25, 0.3) is 5.91 Å². The van der Waals surface area contributed by atoms with Gasteiger partial charge in [0.15, 0.2) is 0 Å². The molecule has 0 aliphatic rings. The molecule has 106 valence electrons. The Kier molecular flexibility index (Phi) is 5.08. The highest BCUT2D eigenvalue weighted by Crippen LogP contribution is 2.07. The van der Waals surface area contributed by atoms with Crippen molar-refractivity contribution in [3.05, 3.63) is 65.0 Å². The fourth-order valence-electron chi connectivity index (χ4n) is 1.86. The summed E-state index contributed by atoms with van der Waals surface area (Å²) >= 11 is 0. The zero-order chi connectivity index (χ0) is 15.1. The maximum absolute atomic E-state index is 12.1. The van der Waals surface area contributed by atoms with E-state index in [1.54, 1.807) is 12.3 Å². The van der Waals surface area contributed by atoms with Crippen LogP contribution in [0.4, 0.5) is 0 Å². The Morgan fingerprint density at radius 3 is 2.90 bits per heavy atom. The van der Waals surface area contributed by atoms with Gasteiger partial charge in [-0.3, -0.25) is 9.78 Å². The lowest BCUT2D eigenvalue weighted by Gasteiger charge is -2.07. The number of nitrogens with one attached hydrogen (secondary N) is 1. The van der Waals surface area contributed by atoms with E-state index in [-0.39, 0.29) is 12.5 Å². The monoisotopic (exact) mass is 280 g/mol. The first-order chi connectivity index (χ1) is 10.2. The van der Waals surface area contributed by atoms with Gasteiger partial charge in [0.1, 0.15) is 6.61 Å². The van der Waals surface area contributed by atoms with Crippen molar-refractivity contribution in [3.8, 4) is 11.8 Å². The maximum atomic E-state index is 12.1. The Balaban J connectivity index is 2.05. The number of pyridine rings is 1. The van der Waals surface area contributed by atoms with E-state index in [2.05, 4.69) is 22.1 Å². The molecule has 21 heavy (non-hydrogen) atoms. The first-order valence-electron chi connectivity index (χ1n) is 6.58. The summed E-state index contributed by atoms with van der Waals surface area (Å²) in [5, 5.41) is 11.5. The summed E-state index contributed by atoms with van der Waals surface area (Å²) in [5.74, 6) is 5.06. The average molecular weight is 280 g/mol. The number of aromatic nitrogens is 1. The molecule has 0 spiro atoms. The third-order valence-corrected chi connectivity index (χ3v) is 3.01. The minimum Gasteiger partial charge on any atom is -0.384 e. The number of carbonyl (C=O) groups is 1. The standard InChI is InChI=1S/C17H16N2O2/c1-13-5-2-3-7-15(13)12-19-17(21)16-9-14(6-4-8-20)10-18-11-16/h2-3,5,7,9-11,20H,8,12H2,1H3,(H,19,21). The van der Waals surface area contributed by atoms with Crippen LogP contribution in [0.1, 0.15) is 27.0 Å². The van der Waals surface area contributed by atoms with Crippen LogP contribution in [0.2, 0.25) is 0 Å². The van der Waals surface area contributed by atoms with Crippen LogP contribution >= 0.6 is 0 Å². The van der Waals surface area contributed by atoms with E-state index in [0.717, 1.165) is 11.1 Å². The van der Waals surface area contributed by atoms with Crippen LogP contribution in [0.25, 0.3) is 0 Å². The highest BCUT2D eigenvalue weighted by molar-refractivity contribution is 5.94. The minimum atomic E-state index is -0.219. The maximum Gasteiger partial charge on any atom is 0.253 e.